The van der Waals surface area contributed by atoms with E-state index >= 15 is 0 Å². The zero-order chi connectivity index (χ0) is 7.49. The van der Waals surface area contributed by atoms with Gasteiger partial charge in [0.15, 0.2) is 0 Å². The molecule has 54 valence electrons. The highest BCUT2D eigenvalue weighted by molar-refractivity contribution is 7.88. The first kappa shape index (κ1) is 8.35. The molecule has 0 saturated carbocycles. The Hall–Kier alpha value is -0.650. The summed E-state index contributed by atoms with van der Waals surface area (Å²) in [4.78, 5) is 9.61. The number of hydrogen-bond acceptors (Lipinski definition) is 4. The standard InChI is InChI=1S/C3H8N2O3S/c1-3-9(7,8)5(2)4-6/h3H2,1-2H3. The largest absolute Gasteiger partial charge is 0.251 e. The van der Waals surface area contributed by atoms with Gasteiger partial charge in [0.25, 0.3) is 10.0 Å². The van der Waals surface area contributed by atoms with Crippen molar-refractivity contribution in [3.8, 4) is 0 Å². The van der Waals surface area contributed by atoms with Crippen LogP contribution < -0.4 is 0 Å². The molecule has 0 spiro atoms. The van der Waals surface area contributed by atoms with Crippen molar-refractivity contribution in [2.45, 2.75) is 6.92 Å². The van der Waals surface area contributed by atoms with Crippen LogP contribution >= 0.6 is 0 Å². The molecule has 0 aliphatic rings. The predicted octanol–water partition coefficient (Wildman–Crippen LogP) is -0.0507. The average molecular weight is 152 g/mol. The zero-order valence-electron chi connectivity index (χ0n) is 5.23. The smallest absolute Gasteiger partial charge is 0.205 e. The van der Waals surface area contributed by atoms with Crippen molar-refractivity contribution in [2.75, 3.05) is 12.8 Å². The Balaban J connectivity index is 4.34. The molecule has 0 saturated heterocycles. The highest BCUT2D eigenvalue weighted by Crippen LogP contribution is 1.95. The van der Waals surface area contributed by atoms with E-state index in [0.717, 1.165) is 7.05 Å². The summed E-state index contributed by atoms with van der Waals surface area (Å²) < 4.78 is 21.5. The molecule has 0 rings (SSSR count). The first-order chi connectivity index (χ1) is 4.04. The van der Waals surface area contributed by atoms with E-state index in [1.165, 1.54) is 6.92 Å². The van der Waals surface area contributed by atoms with Crippen molar-refractivity contribution in [1.29, 1.82) is 0 Å². The molecule has 0 radical (unpaired) electrons. The van der Waals surface area contributed by atoms with Crippen LogP contribution in [0.2, 0.25) is 0 Å². The molecule has 6 heteroatoms. The summed E-state index contributed by atoms with van der Waals surface area (Å²) in [6.45, 7) is 1.44. The van der Waals surface area contributed by atoms with Crippen LogP contribution in [-0.2, 0) is 10.0 Å². The normalized spacial score (nSPS) is 10.9. The van der Waals surface area contributed by atoms with Crippen LogP contribution in [0, 0.1) is 4.91 Å². The maximum Gasteiger partial charge on any atom is 0.251 e. The molecule has 0 atom stereocenters. The van der Waals surface area contributed by atoms with Crippen molar-refractivity contribution in [3.05, 3.63) is 4.91 Å². The van der Waals surface area contributed by atoms with E-state index in [1.807, 2.05) is 0 Å². The lowest BCUT2D eigenvalue weighted by molar-refractivity contribution is 0.487. The van der Waals surface area contributed by atoms with E-state index in [2.05, 4.69) is 5.29 Å². The molecule has 0 fully saturated rings. The maximum atomic E-state index is 10.6. The van der Waals surface area contributed by atoms with Gasteiger partial charge in [0.1, 0.15) is 0 Å². The zero-order valence-corrected chi connectivity index (χ0v) is 6.05. The Morgan fingerprint density at radius 2 is 2.00 bits per heavy atom. The molecule has 0 bridgehead atoms. The monoisotopic (exact) mass is 152 g/mol. The van der Waals surface area contributed by atoms with E-state index in [9.17, 15) is 13.3 Å². The third-order valence-corrected chi connectivity index (χ3v) is 2.48. The lowest BCUT2D eigenvalue weighted by Gasteiger charge is -2.05. The van der Waals surface area contributed by atoms with Crippen LogP contribution in [0.3, 0.4) is 0 Å². The fraction of sp³-hybridized carbons (Fsp3) is 1.00. The minimum Gasteiger partial charge on any atom is -0.205 e. The van der Waals surface area contributed by atoms with Gasteiger partial charge in [0.2, 0.25) is 0 Å². The maximum absolute atomic E-state index is 10.6. The molecular formula is C3H8N2O3S. The van der Waals surface area contributed by atoms with E-state index in [1.54, 1.807) is 0 Å². The summed E-state index contributed by atoms with van der Waals surface area (Å²) in [6, 6.07) is 0. The summed E-state index contributed by atoms with van der Waals surface area (Å²) in [7, 11) is -2.29. The van der Waals surface area contributed by atoms with Gasteiger partial charge < -0.3 is 0 Å². The Kier molecular flexibility index (Phi) is 2.57. The lowest BCUT2D eigenvalue weighted by Crippen LogP contribution is -2.22. The van der Waals surface area contributed by atoms with Gasteiger partial charge in [-0.15, -0.1) is 4.91 Å². The molecule has 0 N–H and O–H groups in total. The van der Waals surface area contributed by atoms with E-state index in [0.29, 0.717) is 4.41 Å². The summed E-state index contributed by atoms with van der Waals surface area (Å²) in [5.74, 6) is -0.102. The topological polar surface area (TPSA) is 66.8 Å². The van der Waals surface area contributed by atoms with Gasteiger partial charge in [0.05, 0.1) is 11.0 Å². The quantitative estimate of drug-likeness (QED) is 0.420. The van der Waals surface area contributed by atoms with Crippen molar-refractivity contribution in [2.24, 2.45) is 5.29 Å². The van der Waals surface area contributed by atoms with Gasteiger partial charge in [0, 0.05) is 7.05 Å². The third-order valence-electron chi connectivity index (χ3n) is 0.882. The highest BCUT2D eigenvalue weighted by Gasteiger charge is 2.12. The molecule has 0 amide bonds. The molecule has 0 aromatic carbocycles. The van der Waals surface area contributed by atoms with Crippen molar-refractivity contribution in [3.63, 3.8) is 0 Å². The van der Waals surface area contributed by atoms with Gasteiger partial charge in [-0.1, -0.05) is 0 Å². The second kappa shape index (κ2) is 2.77. The summed E-state index contributed by atoms with van der Waals surface area (Å²) >= 11 is 0. The van der Waals surface area contributed by atoms with Crippen LogP contribution in [0.4, 0.5) is 0 Å². The number of nitrogens with zero attached hydrogens (tertiary/aromatic N) is 2. The van der Waals surface area contributed by atoms with E-state index in [4.69, 9.17) is 0 Å². The fourth-order valence-corrected chi connectivity index (χ4v) is 0.713. The molecule has 0 unspecified atom stereocenters. The highest BCUT2D eigenvalue weighted by atomic mass is 32.2. The molecular weight excluding hydrogens is 144 g/mol. The lowest BCUT2D eigenvalue weighted by atomic mass is 11.0. The number of sulfonamides is 1. The Morgan fingerprint density at radius 3 is 2.11 bits per heavy atom. The van der Waals surface area contributed by atoms with Crippen LogP contribution in [0.25, 0.3) is 0 Å². The second-order valence-electron chi connectivity index (χ2n) is 1.42. The van der Waals surface area contributed by atoms with Crippen molar-refractivity contribution < 1.29 is 8.42 Å². The third kappa shape index (κ3) is 1.96. The van der Waals surface area contributed by atoms with Crippen molar-refractivity contribution >= 4 is 10.0 Å². The van der Waals surface area contributed by atoms with E-state index in [-0.39, 0.29) is 5.75 Å². The van der Waals surface area contributed by atoms with Gasteiger partial charge in [-0.25, -0.2) is 8.42 Å². The Morgan fingerprint density at radius 1 is 1.56 bits per heavy atom. The predicted molar refractivity (Wildman–Crippen MR) is 33.0 cm³/mol. The Bertz CT molecular complexity index is 185. The summed E-state index contributed by atoms with van der Waals surface area (Å²) in [5.41, 5.74) is 0. The number of hydrogen-bond donors (Lipinski definition) is 0. The first-order valence-electron chi connectivity index (χ1n) is 2.34. The van der Waals surface area contributed by atoms with Crippen LogP contribution in [0.1, 0.15) is 6.92 Å². The van der Waals surface area contributed by atoms with Gasteiger partial charge in [-0.2, -0.15) is 4.41 Å². The molecule has 5 nitrogen and oxygen atoms in total. The van der Waals surface area contributed by atoms with Crippen LogP contribution in [0.5, 0.6) is 0 Å². The fourth-order valence-electron chi connectivity index (χ4n) is 0.238. The molecule has 0 aromatic heterocycles. The number of rotatable bonds is 3. The van der Waals surface area contributed by atoms with Gasteiger partial charge in [-0.3, -0.25) is 0 Å². The average Bonchev–Trinajstić information content (AvgIpc) is 1.86. The van der Waals surface area contributed by atoms with Crippen LogP contribution in [-0.4, -0.2) is 25.6 Å². The molecule has 0 aromatic rings. The Labute approximate surface area is 53.7 Å². The minimum absolute atomic E-state index is 0.102. The molecule has 9 heavy (non-hydrogen) atoms. The molecule has 0 heterocycles. The number of nitroso groups, excluding NO2 is 1. The molecule has 0 aliphatic carbocycles. The van der Waals surface area contributed by atoms with E-state index < -0.39 is 10.0 Å². The van der Waals surface area contributed by atoms with Gasteiger partial charge in [-0.05, 0) is 6.92 Å². The summed E-state index contributed by atoms with van der Waals surface area (Å²) in [5, 5.41) is 2.23. The minimum atomic E-state index is -3.39. The second-order valence-corrected chi connectivity index (χ2v) is 3.69. The molecule has 0 aliphatic heterocycles. The van der Waals surface area contributed by atoms with Crippen LogP contribution in [0.15, 0.2) is 5.29 Å². The summed E-state index contributed by atoms with van der Waals surface area (Å²) in [6.07, 6.45) is 0. The van der Waals surface area contributed by atoms with Crippen molar-refractivity contribution in [1.82, 2.24) is 4.41 Å². The SMILES string of the molecule is CCS(=O)(=O)N(C)N=O. The van der Waals surface area contributed by atoms with Gasteiger partial charge >= 0.3 is 0 Å². The first-order valence-corrected chi connectivity index (χ1v) is 3.95.